The van der Waals surface area contributed by atoms with E-state index in [0.29, 0.717) is 12.5 Å². The lowest BCUT2D eigenvalue weighted by Crippen LogP contribution is -2.17. The van der Waals surface area contributed by atoms with Gasteiger partial charge in [-0.2, -0.15) is 0 Å². The van der Waals surface area contributed by atoms with Crippen molar-refractivity contribution in [3.8, 4) is 11.6 Å². The highest BCUT2D eigenvalue weighted by Crippen LogP contribution is 2.33. The van der Waals surface area contributed by atoms with Gasteiger partial charge in [0.1, 0.15) is 18.5 Å². The molecule has 0 amide bonds. The monoisotopic (exact) mass is 493 g/mol. The van der Waals surface area contributed by atoms with E-state index in [9.17, 15) is 0 Å². The molecule has 3 aromatic rings. The third-order valence-corrected chi connectivity index (χ3v) is 6.17. The summed E-state index contributed by atoms with van der Waals surface area (Å²) < 4.78 is 13.1. The van der Waals surface area contributed by atoms with Crippen LogP contribution in [0.4, 0.5) is 5.69 Å². The van der Waals surface area contributed by atoms with E-state index in [4.69, 9.17) is 9.47 Å². The van der Waals surface area contributed by atoms with Crippen LogP contribution in [-0.2, 0) is 19.4 Å². The van der Waals surface area contributed by atoms with Gasteiger partial charge in [-0.05, 0) is 64.7 Å². The molecule has 0 fully saturated rings. The predicted molar refractivity (Wildman–Crippen MR) is 132 cm³/mol. The molecule has 166 valence electrons. The zero-order valence-electron chi connectivity index (χ0n) is 18.7. The van der Waals surface area contributed by atoms with Gasteiger partial charge in [-0.1, -0.05) is 36.4 Å². The molecule has 1 aromatic heterocycles. The van der Waals surface area contributed by atoms with E-state index < -0.39 is 0 Å². The normalized spacial score (nSPS) is 15.1. The fourth-order valence-electron chi connectivity index (χ4n) is 3.63. The average molecular weight is 494 g/mol. The third kappa shape index (κ3) is 5.49. The van der Waals surface area contributed by atoms with Crippen molar-refractivity contribution in [2.24, 2.45) is 4.99 Å². The van der Waals surface area contributed by atoms with Crippen LogP contribution in [0.3, 0.4) is 0 Å². The number of pyridine rings is 1. The zero-order chi connectivity index (χ0) is 22.5. The summed E-state index contributed by atoms with van der Waals surface area (Å²) in [6, 6.07) is 18.5. The maximum Gasteiger partial charge on any atom is 0.228 e. The van der Waals surface area contributed by atoms with Crippen molar-refractivity contribution in [1.29, 1.82) is 0 Å². The number of fused-ring (bicyclic) bond motifs is 1. The summed E-state index contributed by atoms with van der Waals surface area (Å²) in [5, 5.41) is 0. The Morgan fingerprint density at radius 1 is 1.12 bits per heavy atom. The minimum atomic E-state index is 0.0538. The molecule has 0 saturated carbocycles. The Balaban J connectivity index is 1.40. The average Bonchev–Trinajstić information content (AvgIpc) is 3.21. The van der Waals surface area contributed by atoms with Crippen LogP contribution in [0.2, 0.25) is 0 Å². The van der Waals surface area contributed by atoms with E-state index in [-0.39, 0.29) is 6.10 Å². The second-order valence-electron chi connectivity index (χ2n) is 8.05. The molecule has 0 N–H and O–H groups in total. The first-order chi connectivity index (χ1) is 15.5. The van der Waals surface area contributed by atoms with Gasteiger partial charge in [-0.15, -0.1) is 0 Å². The van der Waals surface area contributed by atoms with E-state index in [1.807, 2.05) is 55.5 Å². The molecule has 0 aliphatic heterocycles. The minimum Gasteiger partial charge on any atom is -0.489 e. The summed E-state index contributed by atoms with van der Waals surface area (Å²) in [4.78, 5) is 11.2. The van der Waals surface area contributed by atoms with Crippen molar-refractivity contribution in [1.82, 2.24) is 9.88 Å². The number of hydrogen-bond donors (Lipinski definition) is 0. The van der Waals surface area contributed by atoms with Gasteiger partial charge >= 0.3 is 0 Å². The molecule has 1 unspecified atom stereocenters. The van der Waals surface area contributed by atoms with Crippen LogP contribution in [0.15, 0.2) is 64.1 Å². The van der Waals surface area contributed by atoms with Crippen LogP contribution >= 0.6 is 15.9 Å². The fourth-order valence-corrected chi connectivity index (χ4v) is 4.03. The highest BCUT2D eigenvalue weighted by molar-refractivity contribution is 9.10. The molecular weight excluding hydrogens is 466 g/mol. The standard InChI is InChI=1S/C26H28BrN3O2/c1-4-30(3)17-28-25-15-24(27)26(29-18(25)2)32-23-12-20-10-11-22(13-21(20)14-23)31-16-19-8-6-5-7-9-19/h5-11,13,15,17,23H,4,12,14,16H2,1-3H3. The van der Waals surface area contributed by atoms with Crippen LogP contribution in [0.5, 0.6) is 11.6 Å². The van der Waals surface area contributed by atoms with Crippen LogP contribution in [0.1, 0.15) is 29.3 Å². The number of aryl methyl sites for hydroxylation is 1. The van der Waals surface area contributed by atoms with Gasteiger partial charge < -0.3 is 14.4 Å². The maximum absolute atomic E-state index is 6.28. The molecule has 5 nitrogen and oxygen atoms in total. The van der Waals surface area contributed by atoms with Gasteiger partial charge in [-0.25, -0.2) is 9.98 Å². The number of hydrogen-bond acceptors (Lipinski definition) is 4. The molecule has 1 aliphatic rings. The van der Waals surface area contributed by atoms with Crippen molar-refractivity contribution in [3.05, 3.63) is 81.5 Å². The predicted octanol–water partition coefficient (Wildman–Crippen LogP) is 5.89. The topological polar surface area (TPSA) is 47.0 Å². The summed E-state index contributed by atoms with van der Waals surface area (Å²) in [7, 11) is 1.99. The van der Waals surface area contributed by atoms with E-state index >= 15 is 0 Å². The summed E-state index contributed by atoms with van der Waals surface area (Å²) in [5.74, 6) is 1.51. The highest BCUT2D eigenvalue weighted by Gasteiger charge is 2.25. The number of aliphatic imine (C=N–C) groups is 1. The zero-order valence-corrected chi connectivity index (χ0v) is 20.3. The number of nitrogens with zero attached hydrogens (tertiary/aromatic N) is 3. The molecule has 1 atom stereocenters. The first kappa shape index (κ1) is 22.3. The third-order valence-electron chi connectivity index (χ3n) is 5.60. The second-order valence-corrected chi connectivity index (χ2v) is 8.90. The lowest BCUT2D eigenvalue weighted by Gasteiger charge is -2.15. The van der Waals surface area contributed by atoms with Gasteiger partial charge in [0.15, 0.2) is 0 Å². The Hall–Kier alpha value is -2.86. The Kier molecular flexibility index (Phi) is 7.10. The van der Waals surface area contributed by atoms with Gasteiger partial charge in [0.05, 0.1) is 22.2 Å². The lowest BCUT2D eigenvalue weighted by molar-refractivity contribution is 0.203. The van der Waals surface area contributed by atoms with E-state index in [2.05, 4.69) is 57.1 Å². The first-order valence-corrected chi connectivity index (χ1v) is 11.7. The lowest BCUT2D eigenvalue weighted by atomic mass is 10.1. The fraction of sp³-hybridized carbons (Fsp3) is 0.308. The Morgan fingerprint density at radius 3 is 2.69 bits per heavy atom. The quantitative estimate of drug-likeness (QED) is 0.290. The first-order valence-electron chi connectivity index (χ1n) is 10.9. The van der Waals surface area contributed by atoms with Gasteiger partial charge in [0.2, 0.25) is 5.88 Å². The van der Waals surface area contributed by atoms with Gasteiger partial charge in [0.25, 0.3) is 0 Å². The smallest absolute Gasteiger partial charge is 0.228 e. The van der Waals surface area contributed by atoms with Gasteiger partial charge in [0, 0.05) is 26.4 Å². The number of aromatic nitrogens is 1. The molecule has 0 radical (unpaired) electrons. The molecule has 6 heteroatoms. The van der Waals surface area contributed by atoms with Crippen molar-refractivity contribution in [2.75, 3.05) is 13.6 Å². The molecule has 32 heavy (non-hydrogen) atoms. The Bertz CT molecular complexity index is 1100. The Labute approximate surface area is 198 Å². The van der Waals surface area contributed by atoms with Crippen molar-refractivity contribution >= 4 is 28.0 Å². The summed E-state index contributed by atoms with van der Waals surface area (Å²) in [6.45, 7) is 5.51. The van der Waals surface area contributed by atoms with Crippen LogP contribution in [-0.4, -0.2) is 35.9 Å². The van der Waals surface area contributed by atoms with Gasteiger partial charge in [-0.3, -0.25) is 0 Å². The van der Waals surface area contributed by atoms with E-state index in [1.165, 1.54) is 11.1 Å². The number of benzene rings is 2. The minimum absolute atomic E-state index is 0.0538. The molecule has 0 spiro atoms. The van der Waals surface area contributed by atoms with Crippen molar-refractivity contribution in [3.63, 3.8) is 0 Å². The van der Waals surface area contributed by atoms with Crippen LogP contribution in [0, 0.1) is 6.92 Å². The molecule has 1 heterocycles. The van der Waals surface area contributed by atoms with Crippen molar-refractivity contribution in [2.45, 2.75) is 39.4 Å². The second kappa shape index (κ2) is 10.2. The maximum atomic E-state index is 6.28. The van der Waals surface area contributed by atoms with E-state index in [1.54, 1.807) is 0 Å². The summed E-state index contributed by atoms with van der Waals surface area (Å²) >= 11 is 3.61. The molecule has 1 aliphatic carbocycles. The van der Waals surface area contributed by atoms with E-state index in [0.717, 1.165) is 46.6 Å². The summed E-state index contributed by atoms with van der Waals surface area (Å²) in [6.07, 6.45) is 3.58. The molecule has 2 aromatic carbocycles. The number of halogens is 1. The molecule has 0 bridgehead atoms. The number of ether oxygens (including phenoxy) is 2. The largest absolute Gasteiger partial charge is 0.489 e. The Morgan fingerprint density at radius 2 is 1.91 bits per heavy atom. The highest BCUT2D eigenvalue weighted by atomic mass is 79.9. The summed E-state index contributed by atoms with van der Waals surface area (Å²) in [5.41, 5.74) is 5.42. The molecule has 4 rings (SSSR count). The van der Waals surface area contributed by atoms with Crippen LogP contribution in [0.25, 0.3) is 0 Å². The SMILES string of the molecule is CCN(C)C=Nc1cc(Br)c(OC2Cc3ccc(OCc4ccccc4)cc3C2)nc1C. The molecule has 0 saturated heterocycles. The number of rotatable bonds is 8. The molecular formula is C26H28BrN3O2. The van der Waals surface area contributed by atoms with Crippen molar-refractivity contribution < 1.29 is 9.47 Å². The van der Waals surface area contributed by atoms with Crippen LogP contribution < -0.4 is 9.47 Å².